The predicted octanol–water partition coefficient (Wildman–Crippen LogP) is 0.113. The van der Waals surface area contributed by atoms with Gasteiger partial charge in [0.05, 0.1) is 23.8 Å². The molecule has 0 atom stereocenters. The molecule has 2 heterocycles. The lowest BCUT2D eigenvalue weighted by atomic mass is 10.3. The molecule has 1 amide bonds. The number of anilines is 1. The number of nitrogens with zero attached hydrogens (tertiary/aromatic N) is 3. The number of nitrogens with two attached hydrogens (primary N) is 2. The molecule has 1 aromatic rings. The Labute approximate surface area is 93.0 Å². The van der Waals surface area contributed by atoms with E-state index in [0.717, 1.165) is 18.7 Å². The van der Waals surface area contributed by atoms with E-state index in [9.17, 15) is 4.79 Å². The molecule has 6 nitrogen and oxygen atoms in total. The molecule has 1 aliphatic rings. The SMILES string of the molecule is NC(N)=Nc1cncc(N2CCCC2=O)c1. The van der Waals surface area contributed by atoms with Gasteiger partial charge in [0, 0.05) is 13.0 Å². The van der Waals surface area contributed by atoms with Crippen LogP contribution in [0.2, 0.25) is 0 Å². The fraction of sp³-hybridized carbons (Fsp3) is 0.300. The summed E-state index contributed by atoms with van der Waals surface area (Å²) in [5, 5.41) is 0. The molecule has 1 saturated heterocycles. The highest BCUT2D eigenvalue weighted by Gasteiger charge is 2.21. The first kappa shape index (κ1) is 10.4. The Hall–Kier alpha value is -2.11. The molecule has 0 aliphatic carbocycles. The van der Waals surface area contributed by atoms with Gasteiger partial charge < -0.3 is 16.4 Å². The summed E-state index contributed by atoms with van der Waals surface area (Å²) in [6.45, 7) is 0.728. The van der Waals surface area contributed by atoms with Crippen LogP contribution < -0.4 is 16.4 Å². The number of hydrogen-bond donors (Lipinski definition) is 2. The van der Waals surface area contributed by atoms with E-state index >= 15 is 0 Å². The number of aromatic nitrogens is 1. The molecule has 2 rings (SSSR count). The number of carbonyl (C=O) groups is 1. The van der Waals surface area contributed by atoms with Crippen molar-refractivity contribution in [1.29, 1.82) is 0 Å². The number of rotatable bonds is 2. The summed E-state index contributed by atoms with van der Waals surface area (Å²) in [6, 6.07) is 1.75. The van der Waals surface area contributed by atoms with Gasteiger partial charge in [-0.25, -0.2) is 4.99 Å². The number of carbonyl (C=O) groups excluding carboxylic acids is 1. The molecule has 1 fully saturated rings. The van der Waals surface area contributed by atoms with Crippen LogP contribution in [-0.4, -0.2) is 23.4 Å². The van der Waals surface area contributed by atoms with Gasteiger partial charge in [-0.1, -0.05) is 0 Å². The van der Waals surface area contributed by atoms with Gasteiger partial charge in [0.2, 0.25) is 5.91 Å². The molecule has 0 unspecified atom stereocenters. The summed E-state index contributed by atoms with van der Waals surface area (Å²) in [6.07, 6.45) is 4.65. The fourth-order valence-electron chi connectivity index (χ4n) is 1.70. The van der Waals surface area contributed by atoms with Crippen LogP contribution in [0.5, 0.6) is 0 Å². The van der Waals surface area contributed by atoms with Gasteiger partial charge in [-0.05, 0) is 12.5 Å². The molecule has 1 aliphatic heterocycles. The number of pyridine rings is 1. The van der Waals surface area contributed by atoms with Crippen molar-refractivity contribution in [1.82, 2.24) is 4.98 Å². The second-order valence-electron chi connectivity index (χ2n) is 3.59. The Balaban J connectivity index is 2.28. The Bertz CT molecular complexity index is 439. The maximum Gasteiger partial charge on any atom is 0.227 e. The molecule has 1 aromatic heterocycles. The van der Waals surface area contributed by atoms with Gasteiger partial charge >= 0.3 is 0 Å². The van der Waals surface area contributed by atoms with Gasteiger partial charge in [-0.3, -0.25) is 9.78 Å². The minimum atomic E-state index is -0.0216. The molecule has 6 heteroatoms. The second-order valence-corrected chi connectivity index (χ2v) is 3.59. The van der Waals surface area contributed by atoms with Gasteiger partial charge in [0.1, 0.15) is 0 Å². The van der Waals surface area contributed by atoms with E-state index in [1.165, 1.54) is 0 Å². The Kier molecular flexibility index (Phi) is 2.72. The molecule has 16 heavy (non-hydrogen) atoms. The Morgan fingerprint density at radius 2 is 2.25 bits per heavy atom. The molecule has 0 bridgehead atoms. The highest BCUT2D eigenvalue weighted by Crippen LogP contribution is 2.23. The minimum absolute atomic E-state index is 0.0216. The van der Waals surface area contributed by atoms with Crippen molar-refractivity contribution in [3.63, 3.8) is 0 Å². The smallest absolute Gasteiger partial charge is 0.227 e. The maximum absolute atomic E-state index is 11.5. The first-order valence-electron chi connectivity index (χ1n) is 5.02. The van der Waals surface area contributed by atoms with Crippen molar-refractivity contribution in [2.45, 2.75) is 12.8 Å². The van der Waals surface area contributed by atoms with Crippen molar-refractivity contribution in [2.75, 3.05) is 11.4 Å². The number of guanidine groups is 1. The third kappa shape index (κ3) is 2.10. The van der Waals surface area contributed by atoms with E-state index in [1.54, 1.807) is 23.4 Å². The van der Waals surface area contributed by atoms with Crippen LogP contribution in [0.15, 0.2) is 23.5 Å². The lowest BCUT2D eigenvalue weighted by Gasteiger charge is -2.14. The van der Waals surface area contributed by atoms with E-state index in [0.29, 0.717) is 12.1 Å². The maximum atomic E-state index is 11.5. The largest absolute Gasteiger partial charge is 0.370 e. The Morgan fingerprint density at radius 1 is 1.44 bits per heavy atom. The van der Waals surface area contributed by atoms with E-state index in [1.807, 2.05) is 0 Å². The molecule has 0 aromatic carbocycles. The molecule has 0 saturated carbocycles. The topological polar surface area (TPSA) is 97.6 Å². The quantitative estimate of drug-likeness (QED) is 0.545. The van der Waals surface area contributed by atoms with E-state index in [-0.39, 0.29) is 11.9 Å². The van der Waals surface area contributed by atoms with Crippen molar-refractivity contribution in [2.24, 2.45) is 16.5 Å². The molecule has 0 spiro atoms. The summed E-state index contributed by atoms with van der Waals surface area (Å²) in [4.78, 5) is 21.1. The lowest BCUT2D eigenvalue weighted by Crippen LogP contribution is -2.24. The van der Waals surface area contributed by atoms with Gasteiger partial charge in [0.25, 0.3) is 0 Å². The van der Waals surface area contributed by atoms with Crippen molar-refractivity contribution in [3.8, 4) is 0 Å². The predicted molar refractivity (Wildman–Crippen MR) is 61.3 cm³/mol. The Morgan fingerprint density at radius 3 is 2.88 bits per heavy atom. The zero-order valence-corrected chi connectivity index (χ0v) is 8.76. The molecular weight excluding hydrogens is 206 g/mol. The zero-order chi connectivity index (χ0) is 11.5. The van der Waals surface area contributed by atoms with E-state index in [4.69, 9.17) is 11.5 Å². The summed E-state index contributed by atoms with van der Waals surface area (Å²) >= 11 is 0. The van der Waals surface area contributed by atoms with Crippen LogP contribution in [0, 0.1) is 0 Å². The average Bonchev–Trinajstić information content (AvgIpc) is 2.64. The van der Waals surface area contributed by atoms with Crippen LogP contribution in [-0.2, 0) is 4.79 Å². The molecule has 0 radical (unpaired) electrons. The van der Waals surface area contributed by atoms with Crippen LogP contribution in [0.4, 0.5) is 11.4 Å². The van der Waals surface area contributed by atoms with Gasteiger partial charge in [-0.15, -0.1) is 0 Å². The molecule has 4 N–H and O–H groups in total. The van der Waals surface area contributed by atoms with Crippen molar-refractivity contribution < 1.29 is 4.79 Å². The van der Waals surface area contributed by atoms with Gasteiger partial charge in [0.15, 0.2) is 5.96 Å². The number of aliphatic imine (C=N–C) groups is 1. The van der Waals surface area contributed by atoms with Crippen molar-refractivity contribution >= 4 is 23.2 Å². The van der Waals surface area contributed by atoms with Crippen LogP contribution in [0.25, 0.3) is 0 Å². The number of hydrogen-bond acceptors (Lipinski definition) is 3. The van der Waals surface area contributed by atoms with Crippen LogP contribution >= 0.6 is 0 Å². The summed E-state index contributed by atoms with van der Waals surface area (Å²) < 4.78 is 0. The highest BCUT2D eigenvalue weighted by molar-refractivity contribution is 5.95. The first-order valence-corrected chi connectivity index (χ1v) is 5.02. The normalized spacial score (nSPS) is 15.2. The van der Waals surface area contributed by atoms with E-state index < -0.39 is 0 Å². The third-order valence-electron chi connectivity index (χ3n) is 2.35. The van der Waals surface area contributed by atoms with E-state index in [2.05, 4.69) is 9.98 Å². The third-order valence-corrected chi connectivity index (χ3v) is 2.35. The summed E-state index contributed by atoms with van der Waals surface area (Å²) in [5.74, 6) is 0.0929. The molecular formula is C10H13N5O. The first-order chi connectivity index (χ1) is 7.66. The van der Waals surface area contributed by atoms with Crippen LogP contribution in [0.1, 0.15) is 12.8 Å². The summed E-state index contributed by atoms with van der Waals surface area (Å²) in [5.41, 5.74) is 11.8. The second kappa shape index (κ2) is 4.18. The lowest BCUT2D eigenvalue weighted by molar-refractivity contribution is -0.117. The standard InChI is InChI=1S/C10H13N5O/c11-10(12)14-7-4-8(6-13-5-7)15-3-1-2-9(15)16/h4-6H,1-3H2,(H4,11,12,14). The van der Waals surface area contributed by atoms with Crippen molar-refractivity contribution in [3.05, 3.63) is 18.5 Å². The molecule has 84 valence electrons. The number of amides is 1. The zero-order valence-electron chi connectivity index (χ0n) is 8.76. The van der Waals surface area contributed by atoms with Crippen LogP contribution in [0.3, 0.4) is 0 Å². The highest BCUT2D eigenvalue weighted by atomic mass is 16.2. The minimum Gasteiger partial charge on any atom is -0.370 e. The summed E-state index contributed by atoms with van der Waals surface area (Å²) in [7, 11) is 0. The monoisotopic (exact) mass is 219 g/mol. The average molecular weight is 219 g/mol. The van der Waals surface area contributed by atoms with Gasteiger partial charge in [-0.2, -0.15) is 0 Å². The fourth-order valence-corrected chi connectivity index (χ4v) is 1.70.